The molecular weight excluding hydrogens is 249 g/mol. The summed E-state index contributed by atoms with van der Waals surface area (Å²) in [5.41, 5.74) is 5.63. The smallest absolute Gasteiger partial charge is 0.323 e. The van der Waals surface area contributed by atoms with E-state index in [0.29, 0.717) is 0 Å². The number of nitrogens with two attached hydrogens (primary N) is 1. The van der Waals surface area contributed by atoms with Crippen molar-refractivity contribution in [1.82, 2.24) is 0 Å². The molecule has 0 unspecified atom stereocenters. The zero-order valence-electron chi connectivity index (χ0n) is 9.11. The van der Waals surface area contributed by atoms with Gasteiger partial charge in [-0.05, 0) is 18.2 Å². The van der Waals surface area contributed by atoms with Crippen LogP contribution in [0.2, 0.25) is 0 Å². The van der Waals surface area contributed by atoms with Gasteiger partial charge >= 0.3 is 5.97 Å². The molecule has 0 heterocycles. The summed E-state index contributed by atoms with van der Waals surface area (Å²) in [6.45, 7) is -0.295. The lowest BCUT2D eigenvalue weighted by Gasteiger charge is -2.17. The highest BCUT2D eigenvalue weighted by atomic mass is 35.5. The van der Waals surface area contributed by atoms with E-state index in [-0.39, 0.29) is 36.0 Å². The number of rotatable bonds is 4. The van der Waals surface area contributed by atoms with Crippen LogP contribution in [0.25, 0.3) is 0 Å². The van der Waals surface area contributed by atoms with Crippen molar-refractivity contribution >= 4 is 29.9 Å². The Kier molecular flexibility index (Phi) is 5.40. The van der Waals surface area contributed by atoms with Gasteiger partial charge in [0.05, 0.1) is 5.69 Å². The second-order valence-electron chi connectivity index (χ2n) is 3.33. The summed E-state index contributed by atoms with van der Waals surface area (Å²) in [5, 5.41) is 15.7. The Balaban J connectivity index is 0.00000256. The van der Waals surface area contributed by atoms with Gasteiger partial charge in [-0.3, -0.25) is 10.2 Å². The van der Waals surface area contributed by atoms with E-state index < -0.39 is 11.8 Å². The SMILES string of the molecule is CN(CC(=O)O)c1ccc(C(=N)N)cc1F.Cl. The van der Waals surface area contributed by atoms with Gasteiger partial charge in [0.25, 0.3) is 0 Å². The Morgan fingerprint density at radius 2 is 2.18 bits per heavy atom. The van der Waals surface area contributed by atoms with Crippen molar-refractivity contribution < 1.29 is 14.3 Å². The molecule has 0 saturated heterocycles. The zero-order valence-corrected chi connectivity index (χ0v) is 9.92. The number of halogens is 2. The van der Waals surface area contributed by atoms with Gasteiger partial charge in [0, 0.05) is 12.6 Å². The minimum Gasteiger partial charge on any atom is -0.480 e. The fraction of sp³-hybridized carbons (Fsp3) is 0.200. The van der Waals surface area contributed by atoms with Crippen molar-refractivity contribution in [1.29, 1.82) is 5.41 Å². The van der Waals surface area contributed by atoms with E-state index in [4.69, 9.17) is 16.2 Å². The standard InChI is InChI=1S/C10H12FN3O2.ClH/c1-14(5-9(15)16)8-3-2-6(10(12)13)4-7(8)11;/h2-4H,5H2,1H3,(H3,12,13)(H,15,16);1H. The third-order valence-corrected chi connectivity index (χ3v) is 2.04. The zero-order chi connectivity index (χ0) is 12.3. The maximum absolute atomic E-state index is 13.5. The molecule has 1 aromatic rings. The number of benzene rings is 1. The Bertz CT molecular complexity index is 440. The third kappa shape index (κ3) is 3.92. The topological polar surface area (TPSA) is 90.4 Å². The number of amidine groups is 1. The van der Waals surface area contributed by atoms with Crippen molar-refractivity contribution in [3.05, 3.63) is 29.6 Å². The van der Waals surface area contributed by atoms with Crippen LogP contribution in [-0.4, -0.2) is 30.5 Å². The number of carboxylic acids is 1. The second-order valence-corrected chi connectivity index (χ2v) is 3.33. The summed E-state index contributed by atoms with van der Waals surface area (Å²) in [5.74, 6) is -1.87. The van der Waals surface area contributed by atoms with E-state index in [1.807, 2.05) is 0 Å². The molecule has 0 aromatic heterocycles. The highest BCUT2D eigenvalue weighted by Crippen LogP contribution is 2.18. The van der Waals surface area contributed by atoms with Gasteiger partial charge in [-0.2, -0.15) is 0 Å². The minimum atomic E-state index is -1.04. The minimum absolute atomic E-state index is 0. The molecule has 1 rings (SSSR count). The number of carbonyl (C=O) groups is 1. The summed E-state index contributed by atoms with van der Waals surface area (Å²) < 4.78 is 13.5. The van der Waals surface area contributed by atoms with E-state index >= 15 is 0 Å². The molecule has 4 N–H and O–H groups in total. The average molecular weight is 262 g/mol. The molecule has 0 fully saturated rings. The van der Waals surface area contributed by atoms with Gasteiger partial charge in [0.15, 0.2) is 0 Å². The van der Waals surface area contributed by atoms with Crippen molar-refractivity contribution in [2.75, 3.05) is 18.5 Å². The Hall–Kier alpha value is -1.82. The first kappa shape index (κ1) is 15.2. The first-order valence-electron chi connectivity index (χ1n) is 4.48. The lowest BCUT2D eigenvalue weighted by Crippen LogP contribution is -2.26. The molecule has 0 aliphatic carbocycles. The van der Waals surface area contributed by atoms with Gasteiger partial charge in [-0.15, -0.1) is 12.4 Å². The molecular formula is C10H13ClFN3O2. The van der Waals surface area contributed by atoms with E-state index in [2.05, 4.69) is 0 Å². The van der Waals surface area contributed by atoms with Crippen LogP contribution in [0, 0.1) is 11.2 Å². The summed E-state index contributed by atoms with van der Waals surface area (Å²) >= 11 is 0. The number of likely N-dealkylation sites (N-methyl/N-ethyl adjacent to an activating group) is 1. The quantitative estimate of drug-likeness (QED) is 0.558. The van der Waals surface area contributed by atoms with Crippen molar-refractivity contribution in [2.24, 2.45) is 5.73 Å². The van der Waals surface area contributed by atoms with E-state index in [1.54, 1.807) is 0 Å². The fourth-order valence-electron chi connectivity index (χ4n) is 1.27. The predicted octanol–water partition coefficient (Wildman–Crippen LogP) is 1.05. The average Bonchev–Trinajstić information content (AvgIpc) is 2.15. The molecule has 0 bridgehead atoms. The van der Waals surface area contributed by atoms with Crippen LogP contribution in [0.5, 0.6) is 0 Å². The number of aliphatic carboxylic acids is 1. The number of hydrogen-bond donors (Lipinski definition) is 3. The number of nitrogen functional groups attached to an aromatic ring is 1. The largest absolute Gasteiger partial charge is 0.480 e. The van der Waals surface area contributed by atoms with Gasteiger partial charge < -0.3 is 15.7 Å². The van der Waals surface area contributed by atoms with Crippen LogP contribution in [-0.2, 0) is 4.79 Å². The molecule has 17 heavy (non-hydrogen) atoms. The maximum atomic E-state index is 13.5. The van der Waals surface area contributed by atoms with Crippen molar-refractivity contribution in [3.63, 3.8) is 0 Å². The van der Waals surface area contributed by atoms with E-state index in [9.17, 15) is 9.18 Å². The number of carboxylic acid groups (broad SMARTS) is 1. The van der Waals surface area contributed by atoms with Crippen LogP contribution < -0.4 is 10.6 Å². The van der Waals surface area contributed by atoms with Crippen LogP contribution in [0.4, 0.5) is 10.1 Å². The molecule has 0 aliphatic heterocycles. The Labute approximate surface area is 104 Å². The second kappa shape index (κ2) is 6.05. The van der Waals surface area contributed by atoms with Gasteiger partial charge in [0.1, 0.15) is 18.2 Å². The molecule has 0 aliphatic rings. The fourth-order valence-corrected chi connectivity index (χ4v) is 1.27. The summed E-state index contributed by atoms with van der Waals surface area (Å²) in [7, 11) is 1.47. The van der Waals surface area contributed by atoms with Crippen molar-refractivity contribution in [3.8, 4) is 0 Å². The van der Waals surface area contributed by atoms with Gasteiger partial charge in [-0.25, -0.2) is 4.39 Å². The predicted molar refractivity (Wildman–Crippen MR) is 65.6 cm³/mol. The molecule has 0 amide bonds. The molecule has 94 valence electrons. The van der Waals surface area contributed by atoms with Crippen LogP contribution in [0.3, 0.4) is 0 Å². The number of nitrogens with one attached hydrogen (secondary N) is 1. The monoisotopic (exact) mass is 261 g/mol. The number of nitrogens with zero attached hydrogens (tertiary/aromatic N) is 1. The summed E-state index contributed by atoms with van der Waals surface area (Å²) in [6.07, 6.45) is 0. The van der Waals surface area contributed by atoms with E-state index in [0.717, 1.165) is 6.07 Å². The Morgan fingerprint density at radius 1 is 1.59 bits per heavy atom. The van der Waals surface area contributed by atoms with Crippen LogP contribution in [0.15, 0.2) is 18.2 Å². The molecule has 0 saturated carbocycles. The number of anilines is 1. The molecule has 7 heteroatoms. The molecule has 0 spiro atoms. The van der Waals surface area contributed by atoms with E-state index in [1.165, 1.54) is 24.1 Å². The first-order valence-corrected chi connectivity index (χ1v) is 4.48. The normalized spacial score (nSPS) is 9.29. The van der Waals surface area contributed by atoms with Crippen LogP contribution >= 0.6 is 12.4 Å². The Morgan fingerprint density at radius 3 is 2.59 bits per heavy atom. The molecule has 0 radical (unpaired) electrons. The highest BCUT2D eigenvalue weighted by Gasteiger charge is 2.11. The highest BCUT2D eigenvalue weighted by molar-refractivity contribution is 5.95. The van der Waals surface area contributed by atoms with Crippen LogP contribution in [0.1, 0.15) is 5.56 Å². The molecule has 5 nitrogen and oxygen atoms in total. The van der Waals surface area contributed by atoms with Gasteiger partial charge in [0.2, 0.25) is 0 Å². The van der Waals surface area contributed by atoms with Gasteiger partial charge in [-0.1, -0.05) is 0 Å². The van der Waals surface area contributed by atoms with Crippen molar-refractivity contribution in [2.45, 2.75) is 0 Å². The third-order valence-electron chi connectivity index (χ3n) is 2.04. The lowest BCUT2D eigenvalue weighted by molar-refractivity contribution is -0.135. The maximum Gasteiger partial charge on any atom is 0.323 e. The molecule has 0 atom stereocenters. The summed E-state index contributed by atoms with van der Waals surface area (Å²) in [6, 6.07) is 3.98. The molecule has 1 aromatic carbocycles. The number of hydrogen-bond acceptors (Lipinski definition) is 3. The lowest BCUT2D eigenvalue weighted by atomic mass is 10.1. The first-order chi connectivity index (χ1) is 7.41. The summed E-state index contributed by atoms with van der Waals surface area (Å²) in [4.78, 5) is 11.7.